The predicted octanol–water partition coefficient (Wildman–Crippen LogP) is 8.54. The minimum atomic E-state index is 0.107. The number of hydrogen-bond donors (Lipinski definition) is 0. The maximum absolute atomic E-state index is 13.5. The van der Waals surface area contributed by atoms with Crippen LogP contribution in [0.25, 0.3) is 54.9 Å². The molecule has 0 aliphatic heterocycles. The van der Waals surface area contributed by atoms with E-state index in [9.17, 15) is 4.79 Å². The van der Waals surface area contributed by atoms with Crippen molar-refractivity contribution >= 4 is 27.3 Å². The molecule has 0 saturated carbocycles. The van der Waals surface area contributed by atoms with Crippen molar-refractivity contribution < 1.29 is 4.79 Å². The van der Waals surface area contributed by atoms with Gasteiger partial charge in [-0.3, -0.25) is 4.79 Å². The Morgan fingerprint density at radius 3 is 1.18 bits per heavy atom. The van der Waals surface area contributed by atoms with Crippen LogP contribution in [0, 0.1) is 0 Å². The van der Waals surface area contributed by atoms with E-state index in [-0.39, 0.29) is 5.78 Å². The molecule has 34 heavy (non-hydrogen) atoms. The topological polar surface area (TPSA) is 17.1 Å². The molecule has 1 nitrogen and oxygen atoms in total. The highest BCUT2D eigenvalue weighted by Crippen LogP contribution is 2.41. The average molecular weight is 433 g/mol. The second-order valence-electron chi connectivity index (χ2n) is 8.97. The quantitative estimate of drug-likeness (QED) is 0.267. The average Bonchev–Trinajstić information content (AvgIpc) is 3.18. The van der Waals surface area contributed by atoms with Crippen LogP contribution >= 0.6 is 0 Å². The zero-order valence-electron chi connectivity index (χ0n) is 18.5. The Bertz CT molecular complexity index is 1640. The number of hydrogen-bond acceptors (Lipinski definition) is 1. The molecule has 6 aromatic rings. The summed E-state index contributed by atoms with van der Waals surface area (Å²) in [6, 6.07) is 42.2. The zero-order valence-corrected chi connectivity index (χ0v) is 18.5. The molecule has 0 N–H and O–H groups in total. The molecule has 0 aromatic heterocycles. The van der Waals surface area contributed by atoms with E-state index in [2.05, 4.69) is 121 Å². The minimum Gasteiger partial charge on any atom is -0.289 e. The van der Waals surface area contributed by atoms with Gasteiger partial charge in [0.05, 0.1) is 0 Å². The van der Waals surface area contributed by atoms with Crippen molar-refractivity contribution in [3.8, 4) is 33.4 Å². The first kappa shape index (κ1) is 19.0. The summed E-state index contributed by atoms with van der Waals surface area (Å²) in [6.07, 6.45) is 0. The summed E-state index contributed by atoms with van der Waals surface area (Å²) >= 11 is 0. The summed E-state index contributed by atoms with van der Waals surface area (Å²) in [6.45, 7) is 0. The Morgan fingerprint density at radius 1 is 0.324 bits per heavy atom. The van der Waals surface area contributed by atoms with Gasteiger partial charge in [0.1, 0.15) is 0 Å². The van der Waals surface area contributed by atoms with Crippen LogP contribution in [-0.2, 0) is 0 Å². The van der Waals surface area contributed by atoms with E-state index in [0.29, 0.717) is 0 Å². The Labute approximate surface area is 197 Å². The molecule has 0 unspecified atom stereocenters. The maximum Gasteiger partial charge on any atom is 0.194 e. The fourth-order valence-corrected chi connectivity index (χ4v) is 5.18. The number of benzene rings is 6. The van der Waals surface area contributed by atoms with Crippen molar-refractivity contribution in [3.63, 3.8) is 0 Å². The van der Waals surface area contributed by atoms with Gasteiger partial charge in [-0.2, -0.15) is 0 Å². The van der Waals surface area contributed by atoms with E-state index in [4.69, 9.17) is 0 Å². The van der Waals surface area contributed by atoms with Crippen LogP contribution in [0.5, 0.6) is 0 Å². The Balaban J connectivity index is 1.29. The number of carbonyl (C=O) groups is 1. The summed E-state index contributed by atoms with van der Waals surface area (Å²) in [7, 11) is 0. The third-order valence-electron chi connectivity index (χ3n) is 6.98. The Morgan fingerprint density at radius 2 is 0.706 bits per heavy atom. The van der Waals surface area contributed by atoms with E-state index in [1.807, 2.05) is 0 Å². The van der Waals surface area contributed by atoms with Gasteiger partial charge in [-0.25, -0.2) is 0 Å². The lowest BCUT2D eigenvalue weighted by molar-refractivity contribution is 0.104. The van der Waals surface area contributed by atoms with Crippen LogP contribution in [0.3, 0.4) is 0 Å². The van der Waals surface area contributed by atoms with E-state index >= 15 is 0 Å². The Kier molecular flexibility index (Phi) is 4.06. The maximum atomic E-state index is 13.5. The highest BCUT2D eigenvalue weighted by Gasteiger charge is 2.27. The first-order valence-corrected chi connectivity index (χ1v) is 11.6. The van der Waals surface area contributed by atoms with Crippen molar-refractivity contribution in [2.45, 2.75) is 0 Å². The van der Waals surface area contributed by atoms with Crippen LogP contribution in [0.2, 0.25) is 0 Å². The molecule has 0 saturated heterocycles. The summed E-state index contributed by atoms with van der Waals surface area (Å²) < 4.78 is 0. The van der Waals surface area contributed by atoms with Gasteiger partial charge in [0.2, 0.25) is 0 Å². The number of rotatable bonds is 2. The van der Waals surface area contributed by atoms with Crippen LogP contribution in [0.1, 0.15) is 15.9 Å². The predicted molar refractivity (Wildman–Crippen MR) is 141 cm³/mol. The lowest BCUT2D eigenvalue weighted by Crippen LogP contribution is -1.96. The number of fused-ring (bicyclic) bond motifs is 5. The molecule has 0 fully saturated rings. The van der Waals surface area contributed by atoms with Crippen molar-refractivity contribution in [3.05, 3.63) is 132 Å². The van der Waals surface area contributed by atoms with Gasteiger partial charge in [-0.05, 0) is 79.2 Å². The molecule has 158 valence electrons. The largest absolute Gasteiger partial charge is 0.289 e. The van der Waals surface area contributed by atoms with Crippen LogP contribution in [0.4, 0.5) is 0 Å². The summed E-state index contributed by atoms with van der Waals surface area (Å²) in [4.78, 5) is 13.5. The number of carbonyl (C=O) groups excluding carboxylic acids is 1. The molecule has 1 heteroatoms. The summed E-state index contributed by atoms with van der Waals surface area (Å²) in [5, 5.41) is 4.85. The Hall–Kier alpha value is -4.49. The monoisotopic (exact) mass is 432 g/mol. The second kappa shape index (κ2) is 7.26. The number of ketones is 1. The first-order chi connectivity index (χ1) is 16.7. The molecule has 1 aliphatic carbocycles. The van der Waals surface area contributed by atoms with Gasteiger partial charge >= 0.3 is 0 Å². The molecule has 1 aliphatic rings. The van der Waals surface area contributed by atoms with E-state index in [1.165, 1.54) is 21.5 Å². The van der Waals surface area contributed by atoms with Gasteiger partial charge in [0.25, 0.3) is 0 Å². The van der Waals surface area contributed by atoms with Gasteiger partial charge in [-0.1, -0.05) is 97.1 Å². The second-order valence-corrected chi connectivity index (χ2v) is 8.97. The minimum absolute atomic E-state index is 0.107. The highest BCUT2D eigenvalue weighted by molar-refractivity contribution is 6.22. The van der Waals surface area contributed by atoms with Crippen molar-refractivity contribution in [1.29, 1.82) is 0 Å². The fourth-order valence-electron chi connectivity index (χ4n) is 5.18. The van der Waals surface area contributed by atoms with Crippen LogP contribution in [0.15, 0.2) is 121 Å². The summed E-state index contributed by atoms with van der Waals surface area (Å²) in [5.74, 6) is 0.107. The van der Waals surface area contributed by atoms with Gasteiger partial charge in [0.15, 0.2) is 5.78 Å². The van der Waals surface area contributed by atoms with E-state index in [1.54, 1.807) is 0 Å². The van der Waals surface area contributed by atoms with E-state index < -0.39 is 0 Å². The van der Waals surface area contributed by atoms with Crippen molar-refractivity contribution in [2.75, 3.05) is 0 Å². The molecular formula is C33H20O. The molecule has 0 atom stereocenters. The highest BCUT2D eigenvalue weighted by atomic mass is 16.1. The SMILES string of the molecule is O=C1c2cc(-c3ccc4ccccc4c3)ccc2-c2ccc(-c3ccc4ccccc4c3)cc21. The smallest absolute Gasteiger partial charge is 0.194 e. The molecule has 0 radical (unpaired) electrons. The molecular weight excluding hydrogens is 412 g/mol. The molecule has 0 amide bonds. The molecule has 7 rings (SSSR count). The van der Waals surface area contributed by atoms with Crippen molar-refractivity contribution in [1.82, 2.24) is 0 Å². The third kappa shape index (κ3) is 2.91. The summed E-state index contributed by atoms with van der Waals surface area (Å²) in [5.41, 5.74) is 8.02. The van der Waals surface area contributed by atoms with Gasteiger partial charge < -0.3 is 0 Å². The standard InChI is InChI=1S/C33H20O/c34-33-31-19-27(25-11-9-21-5-1-3-7-23(21)17-25)13-15-29(31)30-16-14-28(20-32(30)33)26-12-10-22-6-2-4-8-24(22)18-26/h1-20H. The molecule has 6 aromatic carbocycles. The van der Waals surface area contributed by atoms with Crippen LogP contribution < -0.4 is 0 Å². The van der Waals surface area contributed by atoms with Gasteiger partial charge in [0, 0.05) is 11.1 Å². The molecule has 0 bridgehead atoms. The van der Waals surface area contributed by atoms with Crippen molar-refractivity contribution in [2.24, 2.45) is 0 Å². The normalized spacial score (nSPS) is 12.2. The molecule has 0 spiro atoms. The first-order valence-electron chi connectivity index (χ1n) is 11.6. The fraction of sp³-hybridized carbons (Fsp3) is 0. The molecule has 0 heterocycles. The zero-order chi connectivity index (χ0) is 22.6. The lowest BCUT2D eigenvalue weighted by atomic mass is 9.96. The van der Waals surface area contributed by atoms with E-state index in [0.717, 1.165) is 44.5 Å². The van der Waals surface area contributed by atoms with Crippen LogP contribution in [-0.4, -0.2) is 5.78 Å². The lowest BCUT2D eigenvalue weighted by Gasteiger charge is -2.07. The van der Waals surface area contributed by atoms with Gasteiger partial charge in [-0.15, -0.1) is 0 Å². The third-order valence-corrected chi connectivity index (χ3v) is 6.98.